The van der Waals surface area contributed by atoms with Crippen molar-refractivity contribution in [2.45, 2.75) is 26.4 Å². The quantitative estimate of drug-likeness (QED) is 0.667. The van der Waals surface area contributed by atoms with Crippen LogP contribution in [0.5, 0.6) is 0 Å². The van der Waals surface area contributed by atoms with E-state index in [9.17, 15) is 9.59 Å². The maximum absolute atomic E-state index is 12.7. The molecule has 0 saturated heterocycles. The summed E-state index contributed by atoms with van der Waals surface area (Å²) in [6.45, 7) is 3.63. The van der Waals surface area contributed by atoms with Gasteiger partial charge in [0.2, 0.25) is 0 Å². The molecule has 0 aliphatic carbocycles. The second-order valence-electron chi connectivity index (χ2n) is 6.15. The van der Waals surface area contributed by atoms with Gasteiger partial charge in [0, 0.05) is 45.4 Å². The Morgan fingerprint density at radius 3 is 2.85 bits per heavy atom. The van der Waals surface area contributed by atoms with Crippen LogP contribution < -0.4 is 0 Å². The number of hydrogen-bond donors (Lipinski definition) is 1. The minimum absolute atomic E-state index is 0.169. The van der Waals surface area contributed by atoms with E-state index in [1.54, 1.807) is 15.8 Å². The van der Waals surface area contributed by atoms with Gasteiger partial charge < -0.3 is 9.47 Å². The van der Waals surface area contributed by atoms with Gasteiger partial charge >= 0.3 is 0 Å². The molecule has 26 heavy (non-hydrogen) atoms. The third kappa shape index (κ3) is 3.01. The number of amides is 1. The summed E-state index contributed by atoms with van der Waals surface area (Å²) in [5.74, 6) is 1.33. The van der Waals surface area contributed by atoms with Gasteiger partial charge in [-0.2, -0.15) is 10.2 Å². The highest BCUT2D eigenvalue weighted by Crippen LogP contribution is 2.13. The number of nitrogens with one attached hydrogen (secondary N) is 1. The van der Waals surface area contributed by atoms with Crippen LogP contribution in [0.2, 0.25) is 0 Å². The molecule has 0 fully saturated rings. The number of aromatic amines is 1. The van der Waals surface area contributed by atoms with E-state index in [0.717, 1.165) is 11.6 Å². The summed E-state index contributed by atoms with van der Waals surface area (Å²) in [5, 5.41) is 19.2. The van der Waals surface area contributed by atoms with Crippen LogP contribution in [0.3, 0.4) is 0 Å². The summed E-state index contributed by atoms with van der Waals surface area (Å²) in [7, 11) is 0. The number of ketones is 1. The molecular weight excluding hydrogens is 336 g/mol. The monoisotopic (exact) mass is 354 g/mol. The minimum Gasteiger partial charge on any atom is -0.335 e. The molecule has 1 amide bonds. The number of aromatic nitrogens is 7. The molecule has 0 unspecified atom stereocenters. The van der Waals surface area contributed by atoms with Crippen LogP contribution in [-0.2, 0) is 19.5 Å². The van der Waals surface area contributed by atoms with Gasteiger partial charge in [-0.3, -0.25) is 19.4 Å². The maximum atomic E-state index is 12.7. The molecule has 1 N–H and O–H groups in total. The molecule has 0 spiro atoms. The van der Waals surface area contributed by atoms with E-state index >= 15 is 0 Å². The third-order valence-corrected chi connectivity index (χ3v) is 4.42. The van der Waals surface area contributed by atoms with E-state index in [2.05, 4.69) is 25.5 Å². The van der Waals surface area contributed by atoms with Crippen LogP contribution in [0.25, 0.3) is 0 Å². The molecule has 0 bridgehead atoms. The van der Waals surface area contributed by atoms with Crippen molar-refractivity contribution in [3.63, 3.8) is 0 Å². The Kier molecular flexibility index (Phi) is 4.07. The Balaban J connectivity index is 1.48. The van der Waals surface area contributed by atoms with Crippen molar-refractivity contribution in [1.82, 2.24) is 39.6 Å². The molecule has 3 aromatic heterocycles. The van der Waals surface area contributed by atoms with E-state index in [4.69, 9.17) is 0 Å². The van der Waals surface area contributed by atoms with Crippen molar-refractivity contribution in [3.8, 4) is 0 Å². The highest BCUT2D eigenvalue weighted by Gasteiger charge is 2.24. The van der Waals surface area contributed by atoms with Crippen molar-refractivity contribution in [2.75, 3.05) is 13.1 Å². The predicted octanol–water partition coefficient (Wildman–Crippen LogP) is 0.147. The second-order valence-corrected chi connectivity index (χ2v) is 6.15. The number of H-pyrrole nitrogens is 1. The van der Waals surface area contributed by atoms with Gasteiger partial charge in [-0.25, -0.2) is 0 Å². The molecule has 0 saturated carbocycles. The average Bonchev–Trinajstić information content (AvgIpc) is 3.35. The number of nitrogens with zero attached hydrogens (tertiary/aromatic N) is 7. The largest absolute Gasteiger partial charge is 0.335 e. The fourth-order valence-electron chi connectivity index (χ4n) is 3.02. The molecular formula is C16H18N8O2. The lowest BCUT2D eigenvalue weighted by Gasteiger charge is -2.19. The van der Waals surface area contributed by atoms with Gasteiger partial charge in [-0.15, -0.1) is 10.2 Å². The lowest BCUT2D eigenvalue weighted by Crippen LogP contribution is -2.34. The first kappa shape index (κ1) is 16.2. The smallest absolute Gasteiger partial charge is 0.271 e. The molecule has 134 valence electrons. The highest BCUT2D eigenvalue weighted by atomic mass is 16.2. The van der Waals surface area contributed by atoms with Crippen LogP contribution in [-0.4, -0.2) is 64.4 Å². The van der Waals surface area contributed by atoms with Gasteiger partial charge in [0.1, 0.15) is 23.8 Å². The van der Waals surface area contributed by atoms with Gasteiger partial charge in [-0.1, -0.05) is 0 Å². The molecule has 4 heterocycles. The molecule has 4 rings (SSSR count). The lowest BCUT2D eigenvalue weighted by molar-refractivity contribution is 0.0752. The van der Waals surface area contributed by atoms with Crippen molar-refractivity contribution < 1.29 is 9.59 Å². The van der Waals surface area contributed by atoms with E-state index in [1.165, 1.54) is 13.0 Å². The SMILES string of the molecule is CC(=O)c1cc(C(=O)N2CCc3nnc(Cn4cccn4)n3CC2)[nH]n1. The molecule has 10 nitrogen and oxygen atoms in total. The average molecular weight is 354 g/mol. The summed E-state index contributed by atoms with van der Waals surface area (Å²) < 4.78 is 3.84. The molecule has 0 aromatic carbocycles. The van der Waals surface area contributed by atoms with Gasteiger partial charge in [0.05, 0.1) is 0 Å². The standard InChI is InChI=1S/C16H18N8O2/c1-11(25)12-9-13(19-18-12)16(26)22-6-3-14-20-21-15(24(14)8-7-22)10-23-5-2-4-17-23/h2,4-5,9H,3,6-8,10H2,1H3,(H,18,19). The first-order chi connectivity index (χ1) is 12.6. The number of Topliss-reactive ketones (excluding diaryl/α,β-unsaturated/α-hetero) is 1. The zero-order valence-electron chi connectivity index (χ0n) is 14.3. The molecule has 1 aliphatic heterocycles. The molecule has 10 heteroatoms. The molecule has 3 aromatic rings. The van der Waals surface area contributed by atoms with Gasteiger partial charge in [0.25, 0.3) is 5.91 Å². The van der Waals surface area contributed by atoms with Crippen LogP contribution in [0.1, 0.15) is 39.5 Å². The van der Waals surface area contributed by atoms with E-state index in [1.807, 2.05) is 16.8 Å². The normalized spacial score (nSPS) is 14.1. The second kappa shape index (κ2) is 6.54. The zero-order valence-corrected chi connectivity index (χ0v) is 14.3. The van der Waals surface area contributed by atoms with Crippen LogP contribution >= 0.6 is 0 Å². The van der Waals surface area contributed by atoms with Crippen molar-refractivity contribution >= 4 is 11.7 Å². The first-order valence-corrected chi connectivity index (χ1v) is 8.36. The third-order valence-electron chi connectivity index (χ3n) is 4.42. The highest BCUT2D eigenvalue weighted by molar-refractivity contribution is 5.97. The van der Waals surface area contributed by atoms with Gasteiger partial charge in [-0.05, 0) is 12.1 Å². The Hall–Kier alpha value is -3.30. The van der Waals surface area contributed by atoms with Crippen molar-refractivity contribution in [1.29, 1.82) is 0 Å². The Bertz CT molecular complexity index is 940. The van der Waals surface area contributed by atoms with Crippen molar-refractivity contribution in [3.05, 3.63) is 47.6 Å². The fourth-order valence-corrected chi connectivity index (χ4v) is 3.02. The van der Waals surface area contributed by atoms with E-state index < -0.39 is 0 Å². The predicted molar refractivity (Wildman–Crippen MR) is 89.6 cm³/mol. The molecule has 0 atom stereocenters. The maximum Gasteiger partial charge on any atom is 0.271 e. The Morgan fingerprint density at radius 2 is 2.12 bits per heavy atom. The fraction of sp³-hybridized carbons (Fsp3) is 0.375. The minimum atomic E-state index is -0.175. The molecule has 0 radical (unpaired) electrons. The first-order valence-electron chi connectivity index (χ1n) is 8.36. The topological polar surface area (TPSA) is 115 Å². The van der Waals surface area contributed by atoms with Crippen molar-refractivity contribution in [2.24, 2.45) is 0 Å². The van der Waals surface area contributed by atoms with Gasteiger partial charge in [0.15, 0.2) is 11.6 Å². The van der Waals surface area contributed by atoms with Crippen LogP contribution in [0.15, 0.2) is 24.5 Å². The number of carbonyl (C=O) groups is 2. The lowest BCUT2D eigenvalue weighted by atomic mass is 10.2. The number of fused-ring (bicyclic) bond motifs is 1. The van der Waals surface area contributed by atoms with Crippen LogP contribution in [0, 0.1) is 0 Å². The summed E-state index contributed by atoms with van der Waals surface area (Å²) >= 11 is 0. The number of rotatable bonds is 4. The summed E-state index contributed by atoms with van der Waals surface area (Å²) in [6, 6.07) is 3.36. The number of carbonyl (C=O) groups excluding carboxylic acids is 2. The zero-order chi connectivity index (χ0) is 18.1. The summed E-state index contributed by atoms with van der Waals surface area (Å²) in [4.78, 5) is 25.8. The molecule has 1 aliphatic rings. The summed E-state index contributed by atoms with van der Waals surface area (Å²) in [6.07, 6.45) is 4.21. The Morgan fingerprint density at radius 1 is 1.23 bits per heavy atom. The number of hydrogen-bond acceptors (Lipinski definition) is 6. The Labute approximate surface area is 148 Å². The van der Waals surface area contributed by atoms with E-state index in [-0.39, 0.29) is 17.4 Å². The van der Waals surface area contributed by atoms with Crippen LogP contribution in [0.4, 0.5) is 0 Å². The summed E-state index contributed by atoms with van der Waals surface area (Å²) in [5.41, 5.74) is 0.589. The van der Waals surface area contributed by atoms with E-state index in [0.29, 0.717) is 38.3 Å².